The molecule has 3 rings (SSSR count). The first-order chi connectivity index (χ1) is 19.0. The lowest BCUT2D eigenvalue weighted by atomic mass is 10.1. The van der Waals surface area contributed by atoms with E-state index in [9.17, 15) is 22.4 Å². The van der Waals surface area contributed by atoms with E-state index in [0.29, 0.717) is 22.0 Å². The second-order valence-corrected chi connectivity index (χ2v) is 12.0. The zero-order chi connectivity index (χ0) is 29.4. The summed E-state index contributed by atoms with van der Waals surface area (Å²) in [6, 6.07) is 16.2. The number of hydrogen-bond acceptors (Lipinski definition) is 4. The number of carbonyl (C=O) groups is 2. The quantitative estimate of drug-likeness (QED) is 0.271. The van der Waals surface area contributed by atoms with E-state index in [0.717, 1.165) is 16.4 Å². The number of sulfonamides is 1. The third-order valence-corrected chi connectivity index (χ3v) is 8.84. The fraction of sp³-hybridized carbons (Fsp3) is 0.310. The van der Waals surface area contributed by atoms with E-state index in [1.807, 2.05) is 13.8 Å². The fourth-order valence-corrected chi connectivity index (χ4v) is 5.95. The Bertz CT molecular complexity index is 1420. The van der Waals surface area contributed by atoms with Crippen LogP contribution in [-0.2, 0) is 26.2 Å². The van der Waals surface area contributed by atoms with Gasteiger partial charge in [0.15, 0.2) is 0 Å². The van der Waals surface area contributed by atoms with E-state index in [-0.39, 0.29) is 35.5 Å². The Morgan fingerprint density at radius 2 is 1.60 bits per heavy atom. The minimum absolute atomic E-state index is 0.0408. The van der Waals surface area contributed by atoms with Crippen LogP contribution in [0.25, 0.3) is 0 Å². The summed E-state index contributed by atoms with van der Waals surface area (Å²) in [6.45, 7) is 4.85. The maximum atomic E-state index is 14.0. The first-order valence-electron chi connectivity index (χ1n) is 12.8. The molecule has 3 aromatic carbocycles. The Balaban J connectivity index is 2.07. The van der Waals surface area contributed by atoms with Gasteiger partial charge in [0.1, 0.15) is 18.4 Å². The molecule has 0 aromatic heterocycles. The highest BCUT2D eigenvalue weighted by Gasteiger charge is 2.34. The predicted octanol–water partition coefficient (Wildman–Crippen LogP) is 6.05. The maximum absolute atomic E-state index is 14.0. The minimum atomic E-state index is -4.24. The van der Waals surface area contributed by atoms with E-state index >= 15 is 0 Å². The molecule has 0 saturated heterocycles. The Kier molecular flexibility index (Phi) is 11.0. The largest absolute Gasteiger partial charge is 0.352 e. The first kappa shape index (κ1) is 31.4. The van der Waals surface area contributed by atoms with Gasteiger partial charge in [-0.15, -0.1) is 0 Å². The second kappa shape index (κ2) is 14.0. The van der Waals surface area contributed by atoms with Crippen molar-refractivity contribution in [1.29, 1.82) is 0 Å². The van der Waals surface area contributed by atoms with Crippen LogP contribution in [-0.4, -0.2) is 43.8 Å². The van der Waals surface area contributed by atoms with Crippen LogP contribution in [0.1, 0.15) is 39.2 Å². The van der Waals surface area contributed by atoms with Crippen molar-refractivity contribution in [3.05, 3.63) is 94.2 Å². The lowest BCUT2D eigenvalue weighted by Crippen LogP contribution is -2.53. The zero-order valence-electron chi connectivity index (χ0n) is 22.5. The minimum Gasteiger partial charge on any atom is -0.352 e. The molecule has 2 atom stereocenters. The van der Waals surface area contributed by atoms with E-state index in [4.69, 9.17) is 23.2 Å². The Labute approximate surface area is 244 Å². The number of amides is 2. The van der Waals surface area contributed by atoms with Crippen LogP contribution in [0.2, 0.25) is 10.0 Å². The van der Waals surface area contributed by atoms with Gasteiger partial charge in [0.05, 0.1) is 10.6 Å². The average molecular weight is 609 g/mol. The Morgan fingerprint density at radius 1 is 0.950 bits per heavy atom. The number of benzene rings is 3. The van der Waals surface area contributed by atoms with Crippen molar-refractivity contribution < 1.29 is 22.4 Å². The highest BCUT2D eigenvalue weighted by Crippen LogP contribution is 2.27. The molecule has 0 aliphatic heterocycles. The summed E-state index contributed by atoms with van der Waals surface area (Å²) in [7, 11) is -4.24. The summed E-state index contributed by atoms with van der Waals surface area (Å²) in [5.41, 5.74) is 0.633. The molecule has 1 N–H and O–H groups in total. The molecule has 2 amide bonds. The molecule has 0 spiro atoms. The van der Waals surface area contributed by atoms with Gasteiger partial charge in [-0.25, -0.2) is 12.8 Å². The van der Waals surface area contributed by atoms with Crippen molar-refractivity contribution in [1.82, 2.24) is 10.2 Å². The van der Waals surface area contributed by atoms with Gasteiger partial charge in [-0.3, -0.25) is 13.9 Å². The molecule has 0 aliphatic carbocycles. The number of nitrogens with zero attached hydrogens (tertiary/aromatic N) is 2. The summed E-state index contributed by atoms with van der Waals surface area (Å²) in [5, 5.41) is 3.62. The molecule has 7 nitrogen and oxygen atoms in total. The van der Waals surface area contributed by atoms with Gasteiger partial charge in [0, 0.05) is 22.6 Å². The van der Waals surface area contributed by atoms with Gasteiger partial charge in [0.2, 0.25) is 11.8 Å². The molecule has 0 aliphatic rings. The van der Waals surface area contributed by atoms with E-state index in [2.05, 4.69) is 5.32 Å². The van der Waals surface area contributed by atoms with Crippen LogP contribution >= 0.6 is 23.2 Å². The van der Waals surface area contributed by atoms with Crippen molar-refractivity contribution in [3.8, 4) is 0 Å². The monoisotopic (exact) mass is 607 g/mol. The van der Waals surface area contributed by atoms with Crippen molar-refractivity contribution in [2.45, 2.75) is 57.1 Å². The summed E-state index contributed by atoms with van der Waals surface area (Å²) >= 11 is 12.5. The van der Waals surface area contributed by atoms with E-state index in [1.165, 1.54) is 35.2 Å². The molecular formula is C29H32Cl2FN3O4S. The summed E-state index contributed by atoms with van der Waals surface area (Å²) in [5.74, 6) is -1.56. The molecule has 2 unspecified atom stereocenters. The second-order valence-electron chi connectivity index (χ2n) is 9.30. The topological polar surface area (TPSA) is 86.8 Å². The number of rotatable bonds is 12. The standard InChI is InChI=1S/C29H32Cl2FN3O4S/c1-4-20(3)33-29(37)27(5-2)34(18-21-11-12-22(30)17-26(21)31)28(36)19-35(24-15-13-23(32)14-16-24)40(38,39)25-9-7-6-8-10-25/h6-17,20,27H,4-5,18-19H2,1-3H3,(H,33,37). The summed E-state index contributed by atoms with van der Waals surface area (Å²) in [4.78, 5) is 28.6. The smallest absolute Gasteiger partial charge is 0.264 e. The van der Waals surface area contributed by atoms with Gasteiger partial charge in [-0.2, -0.15) is 0 Å². The average Bonchev–Trinajstić information content (AvgIpc) is 2.93. The highest BCUT2D eigenvalue weighted by molar-refractivity contribution is 7.92. The zero-order valence-corrected chi connectivity index (χ0v) is 24.8. The van der Waals surface area contributed by atoms with E-state index < -0.39 is 34.3 Å². The number of nitrogens with one attached hydrogen (secondary N) is 1. The van der Waals surface area contributed by atoms with Crippen molar-refractivity contribution in [2.24, 2.45) is 0 Å². The van der Waals surface area contributed by atoms with Gasteiger partial charge in [-0.1, -0.05) is 61.3 Å². The third kappa shape index (κ3) is 7.74. The fourth-order valence-electron chi connectivity index (χ4n) is 4.05. The predicted molar refractivity (Wildman–Crippen MR) is 156 cm³/mol. The molecule has 3 aromatic rings. The molecule has 0 bridgehead atoms. The third-order valence-electron chi connectivity index (χ3n) is 6.47. The van der Waals surface area contributed by atoms with Crippen LogP contribution in [0, 0.1) is 5.82 Å². The molecule has 0 radical (unpaired) electrons. The van der Waals surface area contributed by atoms with Gasteiger partial charge >= 0.3 is 0 Å². The van der Waals surface area contributed by atoms with E-state index in [1.54, 1.807) is 37.3 Å². The lowest BCUT2D eigenvalue weighted by molar-refractivity contribution is -0.140. The van der Waals surface area contributed by atoms with Crippen LogP contribution < -0.4 is 9.62 Å². The van der Waals surface area contributed by atoms with Crippen molar-refractivity contribution >= 4 is 50.7 Å². The molecular weight excluding hydrogens is 576 g/mol. The summed E-state index contributed by atoms with van der Waals surface area (Å²) < 4.78 is 42.1. The van der Waals surface area contributed by atoms with Crippen molar-refractivity contribution in [2.75, 3.05) is 10.8 Å². The Morgan fingerprint density at radius 3 is 2.17 bits per heavy atom. The van der Waals surface area contributed by atoms with Crippen LogP contribution in [0.15, 0.2) is 77.7 Å². The van der Waals surface area contributed by atoms with Crippen LogP contribution in [0.4, 0.5) is 10.1 Å². The molecule has 40 heavy (non-hydrogen) atoms. The lowest BCUT2D eigenvalue weighted by Gasteiger charge is -2.34. The molecule has 0 heterocycles. The van der Waals surface area contributed by atoms with Gasteiger partial charge in [0.25, 0.3) is 10.0 Å². The first-order valence-corrected chi connectivity index (χ1v) is 15.0. The number of anilines is 1. The highest BCUT2D eigenvalue weighted by atomic mass is 35.5. The maximum Gasteiger partial charge on any atom is 0.264 e. The molecule has 0 fully saturated rings. The van der Waals surface area contributed by atoms with Gasteiger partial charge in [-0.05, 0) is 73.9 Å². The molecule has 214 valence electrons. The van der Waals surface area contributed by atoms with Gasteiger partial charge < -0.3 is 10.2 Å². The number of carbonyl (C=O) groups excluding carboxylic acids is 2. The Hall–Kier alpha value is -3.14. The number of halogens is 3. The normalized spacial score (nSPS) is 12.8. The van der Waals surface area contributed by atoms with Crippen LogP contribution in [0.3, 0.4) is 0 Å². The molecule has 11 heteroatoms. The SMILES string of the molecule is CCC(C)NC(=O)C(CC)N(Cc1ccc(Cl)cc1Cl)C(=O)CN(c1ccc(F)cc1)S(=O)(=O)c1ccccc1. The summed E-state index contributed by atoms with van der Waals surface area (Å²) in [6.07, 6.45) is 0.952. The number of hydrogen-bond donors (Lipinski definition) is 1. The van der Waals surface area contributed by atoms with Crippen LogP contribution in [0.5, 0.6) is 0 Å². The van der Waals surface area contributed by atoms with Crippen molar-refractivity contribution in [3.63, 3.8) is 0 Å². The molecule has 0 saturated carbocycles.